The quantitative estimate of drug-likeness (QED) is 0.798. The highest BCUT2D eigenvalue weighted by Crippen LogP contribution is 2.48. The van der Waals surface area contributed by atoms with Gasteiger partial charge in [-0.05, 0) is 44.4 Å². The molecular weight excluding hydrogens is 298 g/mol. The second kappa shape index (κ2) is 5.81. The molecule has 126 valence electrons. The molecule has 0 bridgehead atoms. The van der Waals surface area contributed by atoms with Crippen LogP contribution in [0.15, 0.2) is 0 Å². The first-order chi connectivity index (χ1) is 10.4. The third-order valence-electron chi connectivity index (χ3n) is 6.14. The number of hydrogen-bond acceptors (Lipinski definition) is 3. The van der Waals surface area contributed by atoms with Crippen LogP contribution in [0.5, 0.6) is 0 Å². The summed E-state index contributed by atoms with van der Waals surface area (Å²) >= 11 is 0. The number of nitrogens with zero attached hydrogens (tertiary/aromatic N) is 1. The van der Waals surface area contributed by atoms with Crippen molar-refractivity contribution in [3.8, 4) is 0 Å². The smallest absolute Gasteiger partial charge is 0.241 e. The molecule has 2 saturated carbocycles. The lowest BCUT2D eigenvalue weighted by Crippen LogP contribution is -2.68. The maximum atomic E-state index is 13.1. The summed E-state index contributed by atoms with van der Waals surface area (Å²) in [6.07, 6.45) is 8.93. The highest BCUT2D eigenvalue weighted by atomic mass is 32.2. The molecule has 1 aliphatic heterocycles. The maximum absolute atomic E-state index is 13.1. The van der Waals surface area contributed by atoms with E-state index >= 15 is 0 Å². The molecule has 0 unspecified atom stereocenters. The van der Waals surface area contributed by atoms with E-state index in [1.807, 2.05) is 18.7 Å². The van der Waals surface area contributed by atoms with E-state index < -0.39 is 15.1 Å². The van der Waals surface area contributed by atoms with Crippen LogP contribution in [0.2, 0.25) is 0 Å². The fourth-order valence-corrected chi connectivity index (χ4v) is 7.12. The van der Waals surface area contributed by atoms with Gasteiger partial charge in [0, 0.05) is 12.1 Å². The molecule has 0 aromatic heterocycles. The van der Waals surface area contributed by atoms with E-state index in [9.17, 15) is 13.2 Å². The molecule has 3 rings (SSSR count). The summed E-state index contributed by atoms with van der Waals surface area (Å²) in [6, 6.07) is 0. The monoisotopic (exact) mass is 327 g/mol. The Bertz CT molecular complexity index is 525. The lowest BCUT2D eigenvalue weighted by molar-refractivity contribution is -0.156. The molecule has 0 N–H and O–H groups in total. The van der Waals surface area contributed by atoms with Crippen molar-refractivity contribution in [3.05, 3.63) is 0 Å². The third-order valence-corrected chi connectivity index (χ3v) is 9.00. The lowest BCUT2D eigenvalue weighted by atomic mass is 9.67. The fourth-order valence-electron chi connectivity index (χ4n) is 4.55. The molecule has 3 fully saturated rings. The summed E-state index contributed by atoms with van der Waals surface area (Å²) in [5.74, 6) is -0.247. The zero-order valence-electron chi connectivity index (χ0n) is 13.9. The normalized spacial score (nSPS) is 26.6. The summed E-state index contributed by atoms with van der Waals surface area (Å²) in [6.45, 7) is 4.52. The van der Waals surface area contributed by atoms with Crippen molar-refractivity contribution >= 4 is 15.7 Å². The molecule has 1 saturated heterocycles. The molecule has 1 amide bonds. The molecule has 5 heteroatoms. The van der Waals surface area contributed by atoms with Crippen molar-refractivity contribution in [1.29, 1.82) is 0 Å². The van der Waals surface area contributed by atoms with E-state index in [0.29, 0.717) is 0 Å². The second-order valence-electron chi connectivity index (χ2n) is 7.83. The molecule has 3 aliphatic rings. The van der Waals surface area contributed by atoms with Gasteiger partial charge in [-0.1, -0.05) is 33.1 Å². The number of sulfone groups is 1. The predicted molar refractivity (Wildman–Crippen MR) is 87.3 cm³/mol. The van der Waals surface area contributed by atoms with Gasteiger partial charge in [-0.25, -0.2) is 8.42 Å². The van der Waals surface area contributed by atoms with Gasteiger partial charge in [0.1, 0.15) is 5.25 Å². The van der Waals surface area contributed by atoms with E-state index in [1.54, 1.807) is 0 Å². The minimum Gasteiger partial charge on any atom is -0.336 e. The van der Waals surface area contributed by atoms with E-state index in [-0.39, 0.29) is 22.6 Å². The Morgan fingerprint density at radius 3 is 2.09 bits per heavy atom. The van der Waals surface area contributed by atoms with Crippen LogP contribution < -0.4 is 0 Å². The zero-order chi connectivity index (χ0) is 16.0. The summed E-state index contributed by atoms with van der Waals surface area (Å²) in [5.41, 5.74) is 0.0340. The van der Waals surface area contributed by atoms with Gasteiger partial charge in [-0.15, -0.1) is 0 Å². The van der Waals surface area contributed by atoms with Gasteiger partial charge in [-0.3, -0.25) is 4.79 Å². The number of carbonyl (C=O) groups is 1. The van der Waals surface area contributed by atoms with Crippen LogP contribution in [0.25, 0.3) is 0 Å². The zero-order valence-corrected chi connectivity index (χ0v) is 14.7. The van der Waals surface area contributed by atoms with Gasteiger partial charge in [0.05, 0.1) is 5.25 Å². The third kappa shape index (κ3) is 2.49. The molecular formula is C17H29NO3S. The lowest BCUT2D eigenvalue weighted by Gasteiger charge is -2.59. The first kappa shape index (κ1) is 16.3. The molecule has 0 aromatic carbocycles. The Kier molecular flexibility index (Phi) is 4.30. The minimum atomic E-state index is -3.37. The van der Waals surface area contributed by atoms with Gasteiger partial charge in [0.2, 0.25) is 5.91 Å². The predicted octanol–water partition coefficient (Wildman–Crippen LogP) is 2.91. The van der Waals surface area contributed by atoms with Crippen molar-refractivity contribution in [2.45, 2.75) is 87.7 Å². The summed E-state index contributed by atoms with van der Waals surface area (Å²) in [7, 11) is -3.37. The highest BCUT2D eigenvalue weighted by molar-refractivity contribution is 7.93. The average Bonchev–Trinajstić information content (AvgIpc) is 2.36. The van der Waals surface area contributed by atoms with Crippen LogP contribution in [-0.4, -0.2) is 41.8 Å². The summed E-state index contributed by atoms with van der Waals surface area (Å²) in [4.78, 5) is 14.9. The molecule has 1 atom stereocenters. The fraction of sp³-hybridized carbons (Fsp3) is 0.941. The van der Waals surface area contributed by atoms with Gasteiger partial charge < -0.3 is 4.90 Å². The van der Waals surface area contributed by atoms with Gasteiger partial charge in [0.15, 0.2) is 9.84 Å². The van der Waals surface area contributed by atoms with Crippen LogP contribution in [0, 0.1) is 5.92 Å². The average molecular weight is 327 g/mol. The molecule has 2 aliphatic carbocycles. The topological polar surface area (TPSA) is 54.5 Å². The van der Waals surface area contributed by atoms with Crippen molar-refractivity contribution in [2.24, 2.45) is 5.92 Å². The largest absolute Gasteiger partial charge is 0.336 e. The van der Waals surface area contributed by atoms with Crippen molar-refractivity contribution in [3.63, 3.8) is 0 Å². The van der Waals surface area contributed by atoms with E-state index in [0.717, 1.165) is 57.9 Å². The summed E-state index contributed by atoms with van der Waals surface area (Å²) < 4.78 is 26.2. The minimum absolute atomic E-state index is 0.0340. The van der Waals surface area contributed by atoms with Crippen molar-refractivity contribution in [1.82, 2.24) is 4.90 Å². The van der Waals surface area contributed by atoms with Crippen LogP contribution >= 0.6 is 0 Å². The first-order valence-electron chi connectivity index (χ1n) is 8.93. The number of amides is 1. The number of hydrogen-bond donors (Lipinski definition) is 0. The number of rotatable bonds is 4. The molecule has 1 spiro atoms. The standard InChI is InChI=1S/C17H29NO3S/c1-13(2)15(22(20,21)14-7-4-3-5-8-14)16(19)18-12-11-17(18)9-6-10-17/h13-15H,3-12H2,1-2H3/t15-/m0/s1. The summed E-state index contributed by atoms with van der Waals surface area (Å²) in [5, 5.41) is -1.12. The van der Waals surface area contributed by atoms with Crippen LogP contribution in [-0.2, 0) is 14.6 Å². The van der Waals surface area contributed by atoms with Gasteiger partial charge in [0.25, 0.3) is 0 Å². The Labute approximate surface area is 134 Å². The van der Waals surface area contributed by atoms with Crippen molar-refractivity contribution < 1.29 is 13.2 Å². The Balaban J connectivity index is 1.81. The number of likely N-dealkylation sites (tertiary alicyclic amines) is 1. The van der Waals surface area contributed by atoms with Crippen molar-refractivity contribution in [2.75, 3.05) is 6.54 Å². The molecule has 4 nitrogen and oxygen atoms in total. The molecule has 22 heavy (non-hydrogen) atoms. The van der Waals surface area contributed by atoms with Crippen LogP contribution in [0.3, 0.4) is 0 Å². The molecule has 0 aromatic rings. The van der Waals surface area contributed by atoms with Crippen LogP contribution in [0.4, 0.5) is 0 Å². The van der Waals surface area contributed by atoms with Gasteiger partial charge in [-0.2, -0.15) is 0 Å². The number of carbonyl (C=O) groups excluding carboxylic acids is 1. The van der Waals surface area contributed by atoms with Gasteiger partial charge >= 0.3 is 0 Å². The molecule has 0 radical (unpaired) electrons. The first-order valence-corrected chi connectivity index (χ1v) is 10.5. The Morgan fingerprint density at radius 1 is 1.05 bits per heavy atom. The molecule has 1 heterocycles. The highest BCUT2D eigenvalue weighted by Gasteiger charge is 2.54. The second-order valence-corrected chi connectivity index (χ2v) is 10.2. The van der Waals surface area contributed by atoms with E-state index in [1.165, 1.54) is 6.42 Å². The van der Waals surface area contributed by atoms with E-state index in [4.69, 9.17) is 0 Å². The Hall–Kier alpha value is -0.580. The van der Waals surface area contributed by atoms with Crippen LogP contribution in [0.1, 0.15) is 71.6 Å². The maximum Gasteiger partial charge on any atom is 0.241 e. The SMILES string of the molecule is CC(C)[C@@H](C(=O)N1CCC12CCC2)S(=O)(=O)C1CCCCC1. The Morgan fingerprint density at radius 2 is 1.68 bits per heavy atom. The van der Waals surface area contributed by atoms with E-state index in [2.05, 4.69) is 0 Å².